The van der Waals surface area contributed by atoms with E-state index in [2.05, 4.69) is 10.1 Å². The van der Waals surface area contributed by atoms with E-state index in [4.69, 9.17) is 0 Å². The maximum atomic E-state index is 11.5. The third-order valence-corrected chi connectivity index (χ3v) is 3.34. The molecule has 1 heterocycles. The Morgan fingerprint density at radius 3 is 2.85 bits per heavy atom. The summed E-state index contributed by atoms with van der Waals surface area (Å²) >= 11 is 0. The van der Waals surface area contributed by atoms with Gasteiger partial charge in [-0.1, -0.05) is 29.8 Å². The summed E-state index contributed by atoms with van der Waals surface area (Å²) < 4.78 is 1.74. The molecular weight excluding hydrogens is 254 g/mol. The van der Waals surface area contributed by atoms with Gasteiger partial charge in [0, 0.05) is 13.0 Å². The van der Waals surface area contributed by atoms with Crippen LogP contribution in [0.25, 0.3) is 0 Å². The minimum Gasteiger partial charge on any atom is -0.481 e. The first-order valence-corrected chi connectivity index (χ1v) is 6.75. The number of rotatable bonds is 6. The number of hydrogen-bond donors (Lipinski definition) is 1. The average molecular weight is 273 g/mol. The monoisotopic (exact) mass is 273 g/mol. The largest absolute Gasteiger partial charge is 0.481 e. The van der Waals surface area contributed by atoms with Crippen LogP contribution in [0.15, 0.2) is 30.6 Å². The first-order valence-electron chi connectivity index (χ1n) is 6.75. The molecule has 0 amide bonds. The predicted molar refractivity (Wildman–Crippen MR) is 75.4 cm³/mol. The Morgan fingerprint density at radius 2 is 2.20 bits per heavy atom. The van der Waals surface area contributed by atoms with E-state index in [0.717, 1.165) is 17.0 Å². The fourth-order valence-electron chi connectivity index (χ4n) is 2.30. The summed E-state index contributed by atoms with van der Waals surface area (Å²) in [5, 5.41) is 13.5. The van der Waals surface area contributed by atoms with E-state index < -0.39 is 11.9 Å². The van der Waals surface area contributed by atoms with Crippen molar-refractivity contribution in [1.82, 2.24) is 14.8 Å². The second-order valence-corrected chi connectivity index (χ2v) is 4.92. The number of nitrogens with zero attached hydrogens (tertiary/aromatic N) is 3. The Kier molecular flexibility index (Phi) is 4.50. The van der Waals surface area contributed by atoms with Gasteiger partial charge in [0.25, 0.3) is 0 Å². The third kappa shape index (κ3) is 3.44. The van der Waals surface area contributed by atoms with Crippen LogP contribution in [0.5, 0.6) is 0 Å². The molecule has 0 bridgehead atoms. The van der Waals surface area contributed by atoms with E-state index in [1.165, 1.54) is 6.33 Å². The molecule has 2 rings (SSSR count). The molecule has 5 nitrogen and oxygen atoms in total. The Balaban J connectivity index is 2.14. The first-order chi connectivity index (χ1) is 9.60. The topological polar surface area (TPSA) is 68.0 Å². The highest BCUT2D eigenvalue weighted by molar-refractivity contribution is 5.70. The summed E-state index contributed by atoms with van der Waals surface area (Å²) in [5.74, 6) is -0.545. The maximum absolute atomic E-state index is 11.5. The fourth-order valence-corrected chi connectivity index (χ4v) is 2.30. The lowest BCUT2D eigenvalue weighted by Gasteiger charge is -2.12. The summed E-state index contributed by atoms with van der Waals surface area (Å²) in [6, 6.07) is 7.96. The molecule has 0 aliphatic rings. The molecule has 0 spiro atoms. The normalized spacial score (nSPS) is 12.3. The van der Waals surface area contributed by atoms with Crippen LogP contribution in [0, 0.1) is 12.8 Å². The van der Waals surface area contributed by atoms with Gasteiger partial charge < -0.3 is 5.11 Å². The summed E-state index contributed by atoms with van der Waals surface area (Å²) in [6.45, 7) is 4.67. The molecule has 0 saturated heterocycles. The SMILES string of the molecule is CCn1ncnc1CC(Cc1cccc(C)c1)C(=O)O. The third-order valence-electron chi connectivity index (χ3n) is 3.34. The average Bonchev–Trinajstić information content (AvgIpc) is 2.85. The van der Waals surface area contributed by atoms with E-state index >= 15 is 0 Å². The molecule has 0 fully saturated rings. The zero-order chi connectivity index (χ0) is 14.5. The molecule has 0 radical (unpaired) electrons. The van der Waals surface area contributed by atoms with Crippen molar-refractivity contribution in [2.75, 3.05) is 0 Å². The van der Waals surface area contributed by atoms with Gasteiger partial charge in [-0.25, -0.2) is 4.98 Å². The van der Waals surface area contributed by atoms with E-state index in [1.807, 2.05) is 38.1 Å². The standard InChI is InChI=1S/C15H19N3O2/c1-3-18-14(16-10-17-18)9-13(15(19)20)8-12-6-4-5-11(2)7-12/h4-7,10,13H,3,8-9H2,1-2H3,(H,19,20). The van der Waals surface area contributed by atoms with Gasteiger partial charge in [-0.3, -0.25) is 9.48 Å². The summed E-state index contributed by atoms with van der Waals surface area (Å²) in [7, 11) is 0. The van der Waals surface area contributed by atoms with Crippen LogP contribution in [0.3, 0.4) is 0 Å². The smallest absolute Gasteiger partial charge is 0.307 e. The van der Waals surface area contributed by atoms with Gasteiger partial charge in [-0.2, -0.15) is 5.10 Å². The van der Waals surface area contributed by atoms with Crippen LogP contribution in [-0.2, 0) is 24.2 Å². The Morgan fingerprint density at radius 1 is 1.40 bits per heavy atom. The lowest BCUT2D eigenvalue weighted by Crippen LogP contribution is -2.21. The van der Waals surface area contributed by atoms with Gasteiger partial charge in [-0.05, 0) is 25.8 Å². The van der Waals surface area contributed by atoms with Crippen molar-refractivity contribution in [1.29, 1.82) is 0 Å². The van der Waals surface area contributed by atoms with Gasteiger partial charge in [0.15, 0.2) is 0 Å². The van der Waals surface area contributed by atoms with E-state index in [9.17, 15) is 9.90 Å². The molecule has 5 heteroatoms. The van der Waals surface area contributed by atoms with Crippen LogP contribution in [0.2, 0.25) is 0 Å². The van der Waals surface area contributed by atoms with Crippen molar-refractivity contribution < 1.29 is 9.90 Å². The molecule has 0 aliphatic carbocycles. The number of carboxylic acid groups (broad SMARTS) is 1. The van der Waals surface area contributed by atoms with Crippen LogP contribution >= 0.6 is 0 Å². The Bertz CT molecular complexity index is 592. The summed E-state index contributed by atoms with van der Waals surface area (Å²) in [5.41, 5.74) is 2.18. The summed E-state index contributed by atoms with van der Waals surface area (Å²) in [4.78, 5) is 15.6. The molecule has 20 heavy (non-hydrogen) atoms. The van der Waals surface area contributed by atoms with Crippen molar-refractivity contribution in [3.63, 3.8) is 0 Å². The van der Waals surface area contributed by atoms with Crippen LogP contribution in [0.1, 0.15) is 23.9 Å². The second-order valence-electron chi connectivity index (χ2n) is 4.92. The lowest BCUT2D eigenvalue weighted by atomic mass is 9.95. The fraction of sp³-hybridized carbons (Fsp3) is 0.400. The van der Waals surface area contributed by atoms with Crippen molar-refractivity contribution in [3.05, 3.63) is 47.5 Å². The summed E-state index contributed by atoms with van der Waals surface area (Å²) in [6.07, 6.45) is 2.38. The number of aromatic nitrogens is 3. The Labute approximate surface area is 118 Å². The van der Waals surface area contributed by atoms with Gasteiger partial charge in [0.05, 0.1) is 5.92 Å². The van der Waals surface area contributed by atoms with Gasteiger partial charge in [0.1, 0.15) is 12.2 Å². The van der Waals surface area contributed by atoms with Crippen LogP contribution in [-0.4, -0.2) is 25.8 Å². The maximum Gasteiger partial charge on any atom is 0.307 e. The molecule has 1 unspecified atom stereocenters. The van der Waals surface area contributed by atoms with E-state index in [1.54, 1.807) is 4.68 Å². The minimum absolute atomic E-state index is 0.400. The van der Waals surface area contributed by atoms with Crippen molar-refractivity contribution in [3.8, 4) is 0 Å². The molecule has 1 aromatic carbocycles. The molecule has 2 aromatic rings. The highest BCUT2D eigenvalue weighted by Crippen LogP contribution is 2.15. The number of carbonyl (C=O) groups is 1. The number of hydrogen-bond acceptors (Lipinski definition) is 3. The van der Waals surface area contributed by atoms with Crippen molar-refractivity contribution >= 4 is 5.97 Å². The Hall–Kier alpha value is -2.17. The van der Waals surface area contributed by atoms with Crippen LogP contribution < -0.4 is 0 Å². The molecule has 1 aromatic heterocycles. The van der Waals surface area contributed by atoms with E-state index in [-0.39, 0.29) is 0 Å². The van der Waals surface area contributed by atoms with Crippen LogP contribution in [0.4, 0.5) is 0 Å². The quantitative estimate of drug-likeness (QED) is 0.875. The van der Waals surface area contributed by atoms with Crippen molar-refractivity contribution in [2.45, 2.75) is 33.2 Å². The molecule has 0 saturated carbocycles. The van der Waals surface area contributed by atoms with Gasteiger partial charge in [0.2, 0.25) is 0 Å². The molecule has 1 N–H and O–H groups in total. The van der Waals surface area contributed by atoms with Crippen molar-refractivity contribution in [2.24, 2.45) is 5.92 Å². The number of aliphatic carboxylic acids is 1. The molecule has 0 aliphatic heterocycles. The van der Waals surface area contributed by atoms with Gasteiger partial charge >= 0.3 is 5.97 Å². The zero-order valence-electron chi connectivity index (χ0n) is 11.8. The van der Waals surface area contributed by atoms with E-state index in [0.29, 0.717) is 19.4 Å². The lowest BCUT2D eigenvalue weighted by molar-refractivity contribution is -0.141. The zero-order valence-corrected chi connectivity index (χ0v) is 11.8. The second kappa shape index (κ2) is 6.32. The van der Waals surface area contributed by atoms with Gasteiger partial charge in [-0.15, -0.1) is 0 Å². The predicted octanol–water partition coefficient (Wildman–Crippen LogP) is 2.09. The number of aryl methyl sites for hydroxylation is 2. The molecule has 106 valence electrons. The first kappa shape index (κ1) is 14.2. The number of carboxylic acids is 1. The molecular formula is C15H19N3O2. The highest BCUT2D eigenvalue weighted by Gasteiger charge is 2.21. The minimum atomic E-state index is -0.794. The molecule has 1 atom stereocenters. The highest BCUT2D eigenvalue weighted by atomic mass is 16.4. The number of benzene rings is 1.